The van der Waals surface area contributed by atoms with Crippen LogP contribution in [-0.4, -0.2) is 36.2 Å². The van der Waals surface area contributed by atoms with Crippen molar-refractivity contribution < 1.29 is 14.3 Å². The molecule has 1 heterocycles. The molecule has 1 N–H and O–H groups in total. The van der Waals surface area contributed by atoms with Crippen LogP contribution in [0.15, 0.2) is 72.8 Å². The Kier molecular flexibility index (Phi) is 6.17. The van der Waals surface area contributed by atoms with Crippen LogP contribution in [0.3, 0.4) is 0 Å². The lowest BCUT2D eigenvalue weighted by Gasteiger charge is -2.11. The van der Waals surface area contributed by atoms with Gasteiger partial charge < -0.3 is 19.4 Å². The van der Waals surface area contributed by atoms with Gasteiger partial charge >= 0.3 is 0 Å². The molecule has 0 aliphatic rings. The molecule has 0 saturated carbocycles. The second kappa shape index (κ2) is 9.34. The Balaban J connectivity index is 1.50. The maximum atomic E-state index is 12.5. The van der Waals surface area contributed by atoms with Crippen molar-refractivity contribution in [2.45, 2.75) is 13.0 Å². The van der Waals surface area contributed by atoms with Crippen LogP contribution in [0, 0.1) is 0 Å². The van der Waals surface area contributed by atoms with Gasteiger partial charge in [0.15, 0.2) is 0 Å². The highest BCUT2D eigenvalue weighted by molar-refractivity contribution is 5.94. The molecule has 0 bridgehead atoms. The van der Waals surface area contributed by atoms with Crippen LogP contribution in [0.2, 0.25) is 0 Å². The van der Waals surface area contributed by atoms with Gasteiger partial charge in [0, 0.05) is 25.1 Å². The van der Waals surface area contributed by atoms with Crippen molar-refractivity contribution in [2.24, 2.45) is 0 Å². The molecule has 1 aromatic heterocycles. The summed E-state index contributed by atoms with van der Waals surface area (Å²) in [5.41, 5.74) is 3.76. The van der Waals surface area contributed by atoms with Crippen molar-refractivity contribution in [3.63, 3.8) is 0 Å². The molecule has 3 aromatic carbocycles. The number of carbonyl (C=O) groups excluding carboxylic acids is 1. The first-order valence-electron chi connectivity index (χ1n) is 10.2. The number of rotatable bonds is 8. The summed E-state index contributed by atoms with van der Waals surface area (Å²) in [6.07, 6.45) is 0.626. The summed E-state index contributed by atoms with van der Waals surface area (Å²) in [7, 11) is 3.25. The van der Waals surface area contributed by atoms with Crippen molar-refractivity contribution in [1.29, 1.82) is 0 Å². The van der Waals surface area contributed by atoms with Crippen molar-refractivity contribution in [1.82, 2.24) is 14.9 Å². The molecule has 0 atom stereocenters. The number of imidazole rings is 1. The van der Waals surface area contributed by atoms with Crippen LogP contribution in [0.1, 0.15) is 21.7 Å². The molecule has 0 aliphatic heterocycles. The summed E-state index contributed by atoms with van der Waals surface area (Å²) in [6, 6.07) is 23.3. The predicted octanol–water partition coefficient (Wildman–Crippen LogP) is 4.07. The largest absolute Gasteiger partial charge is 0.497 e. The van der Waals surface area contributed by atoms with E-state index in [1.54, 1.807) is 26.4 Å². The van der Waals surface area contributed by atoms with Gasteiger partial charge in [0.1, 0.15) is 17.3 Å². The molecule has 1 amide bonds. The maximum Gasteiger partial charge on any atom is 0.251 e. The lowest BCUT2D eigenvalue weighted by atomic mass is 10.2. The summed E-state index contributed by atoms with van der Waals surface area (Å²) >= 11 is 0. The second-order valence-electron chi connectivity index (χ2n) is 7.19. The van der Waals surface area contributed by atoms with Gasteiger partial charge in [-0.15, -0.1) is 0 Å². The fraction of sp³-hybridized carbons (Fsp3) is 0.200. The zero-order chi connectivity index (χ0) is 21.6. The molecule has 0 aliphatic carbocycles. The molecule has 0 spiro atoms. The van der Waals surface area contributed by atoms with Crippen LogP contribution in [0.25, 0.3) is 11.0 Å². The van der Waals surface area contributed by atoms with E-state index in [0.29, 0.717) is 30.8 Å². The molecule has 4 rings (SSSR count). The molecule has 0 unspecified atom stereocenters. The van der Waals surface area contributed by atoms with E-state index in [4.69, 9.17) is 14.5 Å². The van der Waals surface area contributed by atoms with Crippen LogP contribution in [-0.2, 0) is 13.0 Å². The number of hydrogen-bond acceptors (Lipinski definition) is 4. The number of fused-ring (bicyclic) bond motifs is 1. The van der Waals surface area contributed by atoms with Crippen LogP contribution >= 0.6 is 0 Å². The van der Waals surface area contributed by atoms with Crippen LogP contribution < -0.4 is 14.8 Å². The average Bonchev–Trinajstić information content (AvgIpc) is 3.16. The third-order valence-corrected chi connectivity index (χ3v) is 5.20. The highest BCUT2D eigenvalue weighted by Crippen LogP contribution is 2.20. The van der Waals surface area contributed by atoms with Gasteiger partial charge in [0.2, 0.25) is 0 Å². The van der Waals surface area contributed by atoms with E-state index in [-0.39, 0.29) is 5.91 Å². The Morgan fingerprint density at radius 2 is 1.71 bits per heavy atom. The van der Waals surface area contributed by atoms with Gasteiger partial charge in [-0.1, -0.05) is 30.3 Å². The van der Waals surface area contributed by atoms with Crippen LogP contribution in [0.4, 0.5) is 0 Å². The molecule has 4 aromatic rings. The van der Waals surface area contributed by atoms with Gasteiger partial charge in [0.05, 0.1) is 25.3 Å². The number of nitrogens with one attached hydrogen (secondary N) is 1. The Morgan fingerprint density at radius 1 is 0.935 bits per heavy atom. The average molecular weight is 415 g/mol. The number of para-hydroxylation sites is 2. The SMILES string of the molecule is COc1ccc(Cn2c(CCNC(=O)c3cccc(OC)c3)nc3ccccc32)cc1. The third kappa shape index (κ3) is 4.69. The summed E-state index contributed by atoms with van der Waals surface area (Å²) in [4.78, 5) is 17.3. The highest BCUT2D eigenvalue weighted by Gasteiger charge is 2.12. The minimum atomic E-state index is -0.128. The standard InChI is InChI=1S/C25H25N3O3/c1-30-20-12-10-18(11-13-20)17-28-23-9-4-3-8-22(23)27-24(28)14-15-26-25(29)19-6-5-7-21(16-19)31-2/h3-13,16H,14-15,17H2,1-2H3,(H,26,29). The molecule has 0 saturated heterocycles. The van der Waals surface area contributed by atoms with E-state index >= 15 is 0 Å². The number of amides is 1. The zero-order valence-electron chi connectivity index (χ0n) is 17.7. The predicted molar refractivity (Wildman–Crippen MR) is 121 cm³/mol. The van der Waals surface area contributed by atoms with E-state index in [1.165, 1.54) is 0 Å². The summed E-state index contributed by atoms with van der Waals surface area (Å²) in [5, 5.41) is 2.98. The van der Waals surface area contributed by atoms with Gasteiger partial charge in [-0.05, 0) is 48.0 Å². The van der Waals surface area contributed by atoms with E-state index < -0.39 is 0 Å². The quantitative estimate of drug-likeness (QED) is 0.471. The molecule has 6 nitrogen and oxygen atoms in total. The van der Waals surface area contributed by atoms with Crippen molar-refractivity contribution in [3.05, 3.63) is 89.7 Å². The Labute approximate surface area is 181 Å². The van der Waals surface area contributed by atoms with Gasteiger partial charge in [-0.25, -0.2) is 4.98 Å². The highest BCUT2D eigenvalue weighted by atomic mass is 16.5. The summed E-state index contributed by atoms with van der Waals surface area (Å²) in [6.45, 7) is 1.19. The fourth-order valence-electron chi connectivity index (χ4n) is 3.56. The lowest BCUT2D eigenvalue weighted by Crippen LogP contribution is -2.26. The van der Waals surface area contributed by atoms with Crippen LogP contribution in [0.5, 0.6) is 11.5 Å². The molecule has 0 fully saturated rings. The number of carbonyl (C=O) groups is 1. The number of ether oxygens (including phenoxy) is 2. The maximum absolute atomic E-state index is 12.5. The fourth-order valence-corrected chi connectivity index (χ4v) is 3.56. The Bertz CT molecular complexity index is 1180. The first-order valence-corrected chi connectivity index (χ1v) is 10.2. The molecular formula is C25H25N3O3. The molecule has 158 valence electrons. The minimum Gasteiger partial charge on any atom is -0.497 e. The van der Waals surface area contributed by atoms with Gasteiger partial charge in [0.25, 0.3) is 5.91 Å². The Hall–Kier alpha value is -3.80. The number of nitrogens with zero attached hydrogens (tertiary/aromatic N) is 2. The molecular weight excluding hydrogens is 390 g/mol. The second-order valence-corrected chi connectivity index (χ2v) is 7.19. The topological polar surface area (TPSA) is 65.4 Å². The van der Waals surface area contributed by atoms with E-state index in [2.05, 4.69) is 28.1 Å². The minimum absolute atomic E-state index is 0.128. The number of aromatic nitrogens is 2. The first kappa shape index (κ1) is 20.5. The van der Waals surface area contributed by atoms with E-state index in [9.17, 15) is 4.79 Å². The number of methoxy groups -OCH3 is 2. The van der Waals surface area contributed by atoms with E-state index in [1.807, 2.05) is 42.5 Å². The first-order chi connectivity index (χ1) is 15.2. The lowest BCUT2D eigenvalue weighted by molar-refractivity contribution is 0.0953. The molecule has 31 heavy (non-hydrogen) atoms. The zero-order valence-corrected chi connectivity index (χ0v) is 17.7. The molecule has 6 heteroatoms. The van der Waals surface area contributed by atoms with Crippen molar-refractivity contribution in [2.75, 3.05) is 20.8 Å². The third-order valence-electron chi connectivity index (χ3n) is 5.20. The van der Waals surface area contributed by atoms with E-state index in [0.717, 1.165) is 28.2 Å². The monoisotopic (exact) mass is 415 g/mol. The van der Waals surface area contributed by atoms with Gasteiger partial charge in [-0.3, -0.25) is 4.79 Å². The van der Waals surface area contributed by atoms with Crippen molar-refractivity contribution in [3.8, 4) is 11.5 Å². The number of hydrogen-bond donors (Lipinski definition) is 1. The Morgan fingerprint density at radius 3 is 2.48 bits per heavy atom. The molecule has 0 radical (unpaired) electrons. The summed E-state index contributed by atoms with van der Waals surface area (Å²) in [5.74, 6) is 2.30. The summed E-state index contributed by atoms with van der Waals surface area (Å²) < 4.78 is 12.7. The van der Waals surface area contributed by atoms with Crippen molar-refractivity contribution >= 4 is 16.9 Å². The number of benzene rings is 3. The normalized spacial score (nSPS) is 10.8. The smallest absolute Gasteiger partial charge is 0.251 e. The van der Waals surface area contributed by atoms with Gasteiger partial charge in [-0.2, -0.15) is 0 Å².